The van der Waals surface area contributed by atoms with Crippen LogP contribution in [0.3, 0.4) is 0 Å². The van der Waals surface area contributed by atoms with Crippen molar-refractivity contribution in [2.45, 2.75) is 38.1 Å². The molecule has 5 nitrogen and oxygen atoms in total. The topological polar surface area (TPSA) is 75.1 Å². The summed E-state index contributed by atoms with van der Waals surface area (Å²) >= 11 is 0. The first-order chi connectivity index (χ1) is 14.0. The monoisotopic (exact) mass is 388 g/mol. The Morgan fingerprint density at radius 1 is 1.17 bits per heavy atom. The Balaban J connectivity index is 1.44. The van der Waals surface area contributed by atoms with E-state index >= 15 is 0 Å². The summed E-state index contributed by atoms with van der Waals surface area (Å²) in [7, 11) is 2.06. The zero-order valence-corrected chi connectivity index (χ0v) is 16.9. The summed E-state index contributed by atoms with van der Waals surface area (Å²) < 4.78 is 2.19. The standard InChI is InChI=1S/C24H28N4O/c1-27-21(15-18-9-10-19(24(25)26)16-22(18)27)12-11-20-8-5-13-28(20)23(29)14-17-6-3-2-4-7-17/h2-4,6-7,9-10,15-16,20H,5,8,11-14H2,1H3,(H3,25,26)/t20-/m0/s1. The van der Waals surface area contributed by atoms with E-state index in [0.717, 1.165) is 54.3 Å². The minimum atomic E-state index is 0.0909. The van der Waals surface area contributed by atoms with Crippen molar-refractivity contribution in [3.63, 3.8) is 0 Å². The van der Waals surface area contributed by atoms with Crippen LogP contribution in [0.2, 0.25) is 0 Å². The average molecular weight is 389 g/mol. The molecule has 3 N–H and O–H groups in total. The lowest BCUT2D eigenvalue weighted by Crippen LogP contribution is -2.36. The maximum atomic E-state index is 12.8. The summed E-state index contributed by atoms with van der Waals surface area (Å²) in [5.41, 5.74) is 9.82. The van der Waals surface area contributed by atoms with Gasteiger partial charge in [-0.25, -0.2) is 0 Å². The molecule has 0 bridgehead atoms. The molecule has 3 aromatic rings. The number of amides is 1. The van der Waals surface area contributed by atoms with Gasteiger partial charge in [0.05, 0.1) is 6.42 Å². The number of nitrogens with zero attached hydrogens (tertiary/aromatic N) is 2. The molecule has 1 fully saturated rings. The number of nitrogens with one attached hydrogen (secondary N) is 1. The second-order valence-electron chi connectivity index (χ2n) is 7.97. The zero-order chi connectivity index (χ0) is 20.4. The number of likely N-dealkylation sites (tertiary alicyclic amines) is 1. The number of benzene rings is 2. The Kier molecular flexibility index (Phi) is 5.38. The highest BCUT2D eigenvalue weighted by atomic mass is 16.2. The van der Waals surface area contributed by atoms with E-state index in [-0.39, 0.29) is 11.7 Å². The van der Waals surface area contributed by atoms with Gasteiger partial charge in [-0.3, -0.25) is 10.2 Å². The van der Waals surface area contributed by atoms with Gasteiger partial charge in [-0.2, -0.15) is 0 Å². The molecule has 150 valence electrons. The molecular weight excluding hydrogens is 360 g/mol. The van der Waals surface area contributed by atoms with E-state index < -0.39 is 0 Å². The molecule has 1 aliphatic heterocycles. The van der Waals surface area contributed by atoms with Gasteiger partial charge in [-0.15, -0.1) is 0 Å². The second-order valence-corrected chi connectivity index (χ2v) is 7.97. The van der Waals surface area contributed by atoms with Gasteiger partial charge in [0.15, 0.2) is 0 Å². The van der Waals surface area contributed by atoms with Crippen LogP contribution in [-0.2, 0) is 24.7 Å². The molecule has 1 aromatic heterocycles. The number of nitrogen functional groups attached to an aromatic ring is 1. The minimum absolute atomic E-state index is 0.0909. The number of carbonyl (C=O) groups is 1. The maximum Gasteiger partial charge on any atom is 0.227 e. The van der Waals surface area contributed by atoms with Crippen LogP contribution in [-0.4, -0.2) is 33.8 Å². The molecule has 1 atom stereocenters. The highest BCUT2D eigenvalue weighted by Gasteiger charge is 2.28. The number of aryl methyl sites for hydroxylation is 2. The van der Waals surface area contributed by atoms with E-state index in [1.165, 1.54) is 5.69 Å². The van der Waals surface area contributed by atoms with Gasteiger partial charge in [0, 0.05) is 36.4 Å². The molecule has 4 rings (SSSR count). The number of hydrogen-bond acceptors (Lipinski definition) is 2. The van der Waals surface area contributed by atoms with E-state index in [1.807, 2.05) is 48.5 Å². The van der Waals surface area contributed by atoms with Crippen molar-refractivity contribution in [2.24, 2.45) is 12.8 Å². The van der Waals surface area contributed by atoms with Crippen LogP contribution >= 0.6 is 0 Å². The van der Waals surface area contributed by atoms with Crippen molar-refractivity contribution in [1.29, 1.82) is 5.41 Å². The normalized spacial score (nSPS) is 16.4. The summed E-state index contributed by atoms with van der Waals surface area (Å²) in [5.74, 6) is 0.329. The fourth-order valence-electron chi connectivity index (χ4n) is 4.45. The number of fused-ring (bicyclic) bond motifs is 1. The average Bonchev–Trinajstić information content (AvgIpc) is 3.31. The van der Waals surface area contributed by atoms with Crippen molar-refractivity contribution < 1.29 is 4.79 Å². The molecule has 1 aliphatic rings. The predicted octanol–water partition coefficient (Wildman–Crippen LogP) is 3.63. The van der Waals surface area contributed by atoms with Gasteiger partial charge in [0.2, 0.25) is 5.91 Å². The predicted molar refractivity (Wildman–Crippen MR) is 117 cm³/mol. The van der Waals surface area contributed by atoms with Crippen LogP contribution in [0.1, 0.15) is 36.1 Å². The van der Waals surface area contributed by atoms with Crippen LogP contribution in [0.25, 0.3) is 10.9 Å². The van der Waals surface area contributed by atoms with Gasteiger partial charge in [0.25, 0.3) is 0 Å². The molecule has 0 unspecified atom stereocenters. The lowest BCUT2D eigenvalue weighted by Gasteiger charge is -2.25. The smallest absolute Gasteiger partial charge is 0.227 e. The highest BCUT2D eigenvalue weighted by molar-refractivity contribution is 5.98. The largest absolute Gasteiger partial charge is 0.384 e. The number of nitrogens with two attached hydrogens (primary N) is 1. The summed E-state index contributed by atoms with van der Waals surface area (Å²) in [5, 5.41) is 8.82. The molecular formula is C24H28N4O. The SMILES string of the molecule is Cn1c(CC[C@@H]2CCCN2C(=O)Cc2ccccc2)cc2ccc(C(=N)N)cc21. The maximum absolute atomic E-state index is 12.8. The van der Waals surface area contributed by atoms with E-state index in [2.05, 4.69) is 22.6 Å². The first-order valence-corrected chi connectivity index (χ1v) is 10.3. The lowest BCUT2D eigenvalue weighted by atomic mass is 10.1. The Morgan fingerprint density at radius 3 is 2.72 bits per heavy atom. The van der Waals surface area contributed by atoms with E-state index in [0.29, 0.717) is 12.5 Å². The Hall–Kier alpha value is -3.08. The fourth-order valence-corrected chi connectivity index (χ4v) is 4.45. The number of hydrogen-bond donors (Lipinski definition) is 2. The van der Waals surface area contributed by atoms with Crippen molar-refractivity contribution >= 4 is 22.6 Å². The Morgan fingerprint density at radius 2 is 1.97 bits per heavy atom. The van der Waals surface area contributed by atoms with Gasteiger partial charge in [0.1, 0.15) is 5.84 Å². The van der Waals surface area contributed by atoms with Crippen LogP contribution in [0, 0.1) is 5.41 Å². The molecule has 0 spiro atoms. The third-order valence-corrected chi connectivity index (χ3v) is 6.09. The first-order valence-electron chi connectivity index (χ1n) is 10.3. The lowest BCUT2D eigenvalue weighted by molar-refractivity contribution is -0.131. The molecule has 2 aromatic carbocycles. The van der Waals surface area contributed by atoms with Crippen LogP contribution in [0.4, 0.5) is 0 Å². The number of aromatic nitrogens is 1. The molecule has 5 heteroatoms. The number of carbonyl (C=O) groups excluding carboxylic acids is 1. The molecule has 0 aliphatic carbocycles. The summed E-state index contributed by atoms with van der Waals surface area (Å²) in [6.07, 6.45) is 4.56. The Labute approximate surface area is 171 Å². The van der Waals surface area contributed by atoms with Crippen LogP contribution in [0.5, 0.6) is 0 Å². The summed E-state index contributed by atoms with van der Waals surface area (Å²) in [6, 6.07) is 18.4. The molecule has 1 amide bonds. The molecule has 29 heavy (non-hydrogen) atoms. The minimum Gasteiger partial charge on any atom is -0.384 e. The van der Waals surface area contributed by atoms with E-state index in [1.54, 1.807) is 0 Å². The highest BCUT2D eigenvalue weighted by Crippen LogP contribution is 2.26. The van der Waals surface area contributed by atoms with E-state index in [4.69, 9.17) is 11.1 Å². The zero-order valence-electron chi connectivity index (χ0n) is 16.9. The van der Waals surface area contributed by atoms with Gasteiger partial charge in [-0.05, 0) is 48.8 Å². The molecule has 1 saturated heterocycles. The quantitative estimate of drug-likeness (QED) is 0.500. The molecule has 2 heterocycles. The van der Waals surface area contributed by atoms with Gasteiger partial charge in [-0.1, -0.05) is 42.5 Å². The first kappa shape index (κ1) is 19.2. The van der Waals surface area contributed by atoms with Crippen molar-refractivity contribution in [1.82, 2.24) is 9.47 Å². The molecule has 0 saturated carbocycles. The fraction of sp³-hybridized carbons (Fsp3) is 0.333. The molecule has 0 radical (unpaired) electrons. The third kappa shape index (κ3) is 4.04. The second kappa shape index (κ2) is 8.11. The van der Waals surface area contributed by atoms with Gasteiger partial charge < -0.3 is 15.2 Å². The van der Waals surface area contributed by atoms with Crippen molar-refractivity contribution in [2.75, 3.05) is 6.54 Å². The summed E-state index contributed by atoms with van der Waals surface area (Å²) in [4.78, 5) is 14.9. The van der Waals surface area contributed by atoms with E-state index in [9.17, 15) is 4.79 Å². The number of rotatable bonds is 6. The summed E-state index contributed by atoms with van der Waals surface area (Å²) in [6.45, 7) is 0.868. The van der Waals surface area contributed by atoms with Crippen molar-refractivity contribution in [3.05, 3.63) is 71.4 Å². The van der Waals surface area contributed by atoms with Crippen LogP contribution in [0.15, 0.2) is 54.6 Å². The number of amidine groups is 1. The van der Waals surface area contributed by atoms with Crippen molar-refractivity contribution in [3.8, 4) is 0 Å². The Bertz CT molecular complexity index is 1040. The van der Waals surface area contributed by atoms with Gasteiger partial charge >= 0.3 is 0 Å². The van der Waals surface area contributed by atoms with Crippen LogP contribution < -0.4 is 5.73 Å². The third-order valence-electron chi connectivity index (χ3n) is 6.09.